The molecule has 0 saturated carbocycles. The van der Waals surface area contributed by atoms with Crippen LogP contribution in [-0.2, 0) is 9.47 Å². The summed E-state index contributed by atoms with van der Waals surface area (Å²) >= 11 is 0. The Morgan fingerprint density at radius 1 is 1.25 bits per heavy atom. The molecule has 6 heteroatoms. The molecule has 2 aliphatic rings. The normalized spacial score (nSPS) is 19.4. The van der Waals surface area contributed by atoms with Gasteiger partial charge in [0.1, 0.15) is 11.6 Å². The smallest absolute Gasteiger partial charge is 0.413 e. The lowest BCUT2D eigenvalue weighted by Gasteiger charge is -2.29. The van der Waals surface area contributed by atoms with Gasteiger partial charge in [-0.2, -0.15) is 0 Å². The number of morpholine rings is 1. The molecule has 0 unspecified atom stereocenters. The van der Waals surface area contributed by atoms with Gasteiger partial charge in [0, 0.05) is 13.1 Å². The van der Waals surface area contributed by atoms with Crippen LogP contribution in [0.2, 0.25) is 0 Å². The minimum Gasteiger partial charge on any atom is -0.413 e. The number of hydrogen-bond acceptors (Lipinski definition) is 4. The second-order valence-electron chi connectivity index (χ2n) is 4.73. The minimum absolute atomic E-state index is 0.259. The minimum atomic E-state index is -0.520. The topological polar surface area (TPSA) is 42.0 Å². The second kappa shape index (κ2) is 5.13. The molecule has 1 aromatic carbocycles. The first-order valence-corrected chi connectivity index (χ1v) is 6.44. The summed E-state index contributed by atoms with van der Waals surface area (Å²) in [5.41, 5.74) is 1.01. The van der Waals surface area contributed by atoms with E-state index in [1.165, 1.54) is 11.0 Å². The van der Waals surface area contributed by atoms with Crippen molar-refractivity contribution in [1.82, 2.24) is 0 Å². The first kappa shape index (κ1) is 12.9. The number of benzene rings is 1. The Balaban J connectivity index is 1.83. The summed E-state index contributed by atoms with van der Waals surface area (Å²) in [6.45, 7) is 6.38. The van der Waals surface area contributed by atoms with Crippen LogP contribution >= 0.6 is 0 Å². The molecule has 106 valence electrons. The van der Waals surface area contributed by atoms with Crippen molar-refractivity contribution in [3.05, 3.63) is 36.4 Å². The van der Waals surface area contributed by atoms with E-state index in [0.29, 0.717) is 43.4 Å². The van der Waals surface area contributed by atoms with Gasteiger partial charge in [-0.25, -0.2) is 9.18 Å². The number of carbonyl (C=O) groups is 1. The van der Waals surface area contributed by atoms with Crippen molar-refractivity contribution < 1.29 is 18.7 Å². The molecular formula is C14H15FN2O3. The van der Waals surface area contributed by atoms with Crippen LogP contribution in [0.1, 0.15) is 0 Å². The van der Waals surface area contributed by atoms with E-state index in [1.54, 1.807) is 12.1 Å². The maximum Gasteiger partial charge on any atom is 0.419 e. The van der Waals surface area contributed by atoms with Crippen LogP contribution in [0.15, 0.2) is 30.5 Å². The summed E-state index contributed by atoms with van der Waals surface area (Å²) in [5, 5.41) is 0. The highest BCUT2D eigenvalue weighted by Gasteiger charge is 2.28. The number of nitrogens with zero attached hydrogens (tertiary/aromatic N) is 2. The zero-order valence-corrected chi connectivity index (χ0v) is 11.0. The summed E-state index contributed by atoms with van der Waals surface area (Å²) in [7, 11) is 0. The van der Waals surface area contributed by atoms with Gasteiger partial charge in [0.2, 0.25) is 0 Å². The third-order valence-corrected chi connectivity index (χ3v) is 3.38. The molecule has 2 aliphatic heterocycles. The molecule has 0 aliphatic carbocycles. The Bertz CT molecular complexity index is 555. The molecule has 2 saturated heterocycles. The fourth-order valence-electron chi connectivity index (χ4n) is 2.37. The third kappa shape index (κ3) is 2.34. The number of amides is 1. The van der Waals surface area contributed by atoms with Crippen LogP contribution in [0.3, 0.4) is 0 Å². The third-order valence-electron chi connectivity index (χ3n) is 3.38. The number of cyclic esters (lactones) is 1. The van der Waals surface area contributed by atoms with Gasteiger partial charge >= 0.3 is 6.09 Å². The van der Waals surface area contributed by atoms with Crippen molar-refractivity contribution >= 4 is 17.5 Å². The maximum absolute atomic E-state index is 14.2. The summed E-state index contributed by atoms with van der Waals surface area (Å²) in [5.74, 6) is 0.0161. The van der Waals surface area contributed by atoms with Crippen molar-refractivity contribution in [2.24, 2.45) is 0 Å². The molecule has 0 N–H and O–H groups in total. The van der Waals surface area contributed by atoms with Crippen molar-refractivity contribution in [3.8, 4) is 0 Å². The molecule has 0 atom stereocenters. The van der Waals surface area contributed by atoms with E-state index in [9.17, 15) is 9.18 Å². The van der Waals surface area contributed by atoms with Crippen molar-refractivity contribution in [3.63, 3.8) is 0 Å². The average molecular weight is 278 g/mol. The summed E-state index contributed by atoms with van der Waals surface area (Å²) in [6.07, 6.45) is -0.520. The van der Waals surface area contributed by atoms with E-state index in [-0.39, 0.29) is 12.4 Å². The molecule has 5 nitrogen and oxygen atoms in total. The van der Waals surface area contributed by atoms with Crippen LogP contribution in [-0.4, -0.2) is 38.9 Å². The van der Waals surface area contributed by atoms with Gasteiger partial charge in [-0.05, 0) is 18.2 Å². The fraction of sp³-hybridized carbons (Fsp3) is 0.357. The summed E-state index contributed by atoms with van der Waals surface area (Å²) < 4.78 is 24.3. The highest BCUT2D eigenvalue weighted by molar-refractivity contribution is 5.91. The lowest BCUT2D eigenvalue weighted by atomic mass is 10.2. The Morgan fingerprint density at radius 3 is 2.60 bits per heavy atom. The number of ether oxygens (including phenoxy) is 2. The van der Waals surface area contributed by atoms with Crippen molar-refractivity contribution in [1.29, 1.82) is 0 Å². The number of hydrogen-bond donors (Lipinski definition) is 0. The van der Waals surface area contributed by atoms with Crippen LogP contribution in [0, 0.1) is 5.82 Å². The second-order valence-corrected chi connectivity index (χ2v) is 4.73. The first-order chi connectivity index (χ1) is 9.65. The van der Waals surface area contributed by atoms with Crippen LogP contribution in [0.25, 0.3) is 0 Å². The van der Waals surface area contributed by atoms with Gasteiger partial charge in [-0.1, -0.05) is 6.58 Å². The molecule has 1 amide bonds. The van der Waals surface area contributed by atoms with Crippen molar-refractivity contribution in [2.45, 2.75) is 0 Å². The van der Waals surface area contributed by atoms with Crippen LogP contribution < -0.4 is 9.80 Å². The Morgan fingerprint density at radius 2 is 2.00 bits per heavy atom. The summed E-state index contributed by atoms with van der Waals surface area (Å²) in [4.78, 5) is 14.9. The monoisotopic (exact) mass is 278 g/mol. The molecule has 1 aromatic rings. The number of carbonyl (C=O) groups excluding carboxylic acids is 1. The molecule has 0 bridgehead atoms. The summed E-state index contributed by atoms with van der Waals surface area (Å²) in [6, 6.07) is 4.75. The van der Waals surface area contributed by atoms with Crippen molar-refractivity contribution in [2.75, 3.05) is 42.6 Å². The van der Waals surface area contributed by atoms with Gasteiger partial charge in [0.25, 0.3) is 0 Å². The standard InChI is InChI=1S/C14H15FN2O3/c1-10-9-17(14(18)20-10)11-2-3-13(12(15)8-11)16-4-6-19-7-5-16/h2-3,8H,1,4-7,9H2. The Labute approximate surface area is 116 Å². The number of anilines is 2. The molecule has 2 fully saturated rings. The highest BCUT2D eigenvalue weighted by atomic mass is 19.1. The number of halogens is 1. The lowest BCUT2D eigenvalue weighted by Crippen LogP contribution is -2.36. The van der Waals surface area contributed by atoms with Gasteiger partial charge in [-0.15, -0.1) is 0 Å². The molecule has 20 heavy (non-hydrogen) atoms. The zero-order valence-electron chi connectivity index (χ0n) is 11.0. The highest BCUT2D eigenvalue weighted by Crippen LogP contribution is 2.28. The van der Waals surface area contributed by atoms with Crippen LogP contribution in [0.5, 0.6) is 0 Å². The Hall–Kier alpha value is -2.08. The fourth-order valence-corrected chi connectivity index (χ4v) is 2.37. The van der Waals surface area contributed by atoms with Gasteiger partial charge in [0.15, 0.2) is 0 Å². The lowest BCUT2D eigenvalue weighted by molar-refractivity contribution is 0.122. The Kier molecular flexibility index (Phi) is 3.31. The molecule has 0 spiro atoms. The van der Waals surface area contributed by atoms with Gasteiger partial charge in [-0.3, -0.25) is 4.90 Å². The first-order valence-electron chi connectivity index (χ1n) is 6.44. The predicted molar refractivity (Wildman–Crippen MR) is 72.4 cm³/mol. The van der Waals surface area contributed by atoms with Gasteiger partial charge in [0.05, 0.1) is 31.1 Å². The molecule has 2 heterocycles. The molecule has 0 aromatic heterocycles. The molecule has 3 rings (SSSR count). The van der Waals surface area contributed by atoms with E-state index in [4.69, 9.17) is 9.47 Å². The van der Waals surface area contributed by atoms with E-state index >= 15 is 0 Å². The zero-order chi connectivity index (χ0) is 14.1. The van der Waals surface area contributed by atoms with Gasteiger partial charge < -0.3 is 14.4 Å². The van der Waals surface area contributed by atoms with E-state index in [0.717, 1.165) is 0 Å². The van der Waals surface area contributed by atoms with E-state index < -0.39 is 6.09 Å². The average Bonchev–Trinajstić information content (AvgIpc) is 2.78. The van der Waals surface area contributed by atoms with Crippen LogP contribution in [0.4, 0.5) is 20.6 Å². The van der Waals surface area contributed by atoms with E-state index in [2.05, 4.69) is 6.58 Å². The number of rotatable bonds is 2. The quantitative estimate of drug-likeness (QED) is 0.831. The SMILES string of the molecule is C=C1CN(c2ccc(N3CCOCC3)c(F)c2)C(=O)O1. The molecular weight excluding hydrogens is 263 g/mol. The molecule has 0 radical (unpaired) electrons. The van der Waals surface area contributed by atoms with E-state index in [1.807, 2.05) is 4.90 Å². The maximum atomic E-state index is 14.2. The predicted octanol–water partition coefficient (Wildman–Crippen LogP) is 2.13. The largest absolute Gasteiger partial charge is 0.419 e.